The first kappa shape index (κ1) is 18.5. The third-order valence-corrected chi connectivity index (χ3v) is 5.23. The van der Waals surface area contributed by atoms with Gasteiger partial charge in [0.2, 0.25) is 0 Å². The molecule has 2 amide bonds. The van der Waals surface area contributed by atoms with Crippen molar-refractivity contribution in [1.29, 1.82) is 0 Å². The SMILES string of the molecule is C[C@@H]1CCC[C@H](NC(=O)NCC(C)(C)N2C[C@H](C)O[C@@H](C)C2)C1. The Morgan fingerprint density at radius 1 is 1.17 bits per heavy atom. The first-order chi connectivity index (χ1) is 10.8. The Hall–Kier alpha value is -0.810. The first-order valence-corrected chi connectivity index (χ1v) is 9.21. The van der Waals surface area contributed by atoms with Crippen LogP contribution in [0.1, 0.15) is 60.3 Å². The van der Waals surface area contributed by atoms with Crippen molar-refractivity contribution < 1.29 is 9.53 Å². The number of nitrogens with one attached hydrogen (secondary N) is 2. The highest BCUT2D eigenvalue weighted by Crippen LogP contribution is 2.23. The lowest BCUT2D eigenvalue weighted by Crippen LogP contribution is -2.59. The maximum Gasteiger partial charge on any atom is 0.315 e. The molecule has 0 bridgehead atoms. The third-order valence-electron chi connectivity index (χ3n) is 5.23. The summed E-state index contributed by atoms with van der Waals surface area (Å²) in [5.41, 5.74) is -0.0660. The van der Waals surface area contributed by atoms with Crippen molar-refractivity contribution >= 4 is 6.03 Å². The van der Waals surface area contributed by atoms with Gasteiger partial charge in [-0.2, -0.15) is 0 Å². The molecular formula is C18H35N3O2. The standard InChI is InChI=1S/C18H35N3O2/c1-13-7-6-8-16(9-13)20-17(22)19-12-18(4,5)21-10-14(2)23-15(3)11-21/h13-16H,6-12H2,1-5H3,(H2,19,20,22)/t13-,14+,15+,16+/m1/s1. The van der Waals surface area contributed by atoms with E-state index in [1.54, 1.807) is 0 Å². The molecule has 1 aliphatic carbocycles. The second kappa shape index (κ2) is 7.84. The summed E-state index contributed by atoms with van der Waals surface area (Å²) in [6.45, 7) is 13.4. The fraction of sp³-hybridized carbons (Fsp3) is 0.944. The van der Waals surface area contributed by atoms with Gasteiger partial charge < -0.3 is 15.4 Å². The highest BCUT2D eigenvalue weighted by atomic mass is 16.5. The molecule has 0 aromatic carbocycles. The van der Waals surface area contributed by atoms with Crippen LogP contribution in [0.2, 0.25) is 0 Å². The molecule has 2 N–H and O–H groups in total. The number of nitrogens with zero attached hydrogens (tertiary/aromatic N) is 1. The minimum atomic E-state index is -0.0660. The van der Waals surface area contributed by atoms with Gasteiger partial charge in [-0.1, -0.05) is 19.8 Å². The number of carbonyl (C=O) groups excluding carboxylic acids is 1. The Labute approximate surface area is 141 Å². The van der Waals surface area contributed by atoms with E-state index in [2.05, 4.69) is 50.2 Å². The molecule has 5 heteroatoms. The summed E-state index contributed by atoms with van der Waals surface area (Å²) in [6, 6.07) is 0.317. The fourth-order valence-electron chi connectivity index (χ4n) is 3.88. The van der Waals surface area contributed by atoms with Crippen molar-refractivity contribution in [3.8, 4) is 0 Å². The lowest BCUT2D eigenvalue weighted by molar-refractivity contribution is -0.0947. The summed E-state index contributed by atoms with van der Waals surface area (Å²) in [6.07, 6.45) is 5.22. The third kappa shape index (κ3) is 5.64. The molecule has 134 valence electrons. The smallest absolute Gasteiger partial charge is 0.315 e. The number of hydrogen-bond acceptors (Lipinski definition) is 3. The number of hydrogen-bond donors (Lipinski definition) is 2. The molecule has 0 unspecified atom stereocenters. The van der Waals surface area contributed by atoms with Crippen LogP contribution in [0, 0.1) is 5.92 Å². The van der Waals surface area contributed by atoms with Crippen molar-refractivity contribution in [2.45, 2.75) is 84.1 Å². The van der Waals surface area contributed by atoms with E-state index in [0.29, 0.717) is 12.6 Å². The minimum Gasteiger partial charge on any atom is -0.373 e. The molecule has 2 aliphatic rings. The Kier molecular flexibility index (Phi) is 6.32. The van der Waals surface area contributed by atoms with Gasteiger partial charge in [-0.05, 0) is 46.5 Å². The Balaban J connectivity index is 1.77. The van der Waals surface area contributed by atoms with Crippen LogP contribution in [-0.2, 0) is 4.74 Å². The van der Waals surface area contributed by atoms with E-state index in [4.69, 9.17) is 4.74 Å². The van der Waals surface area contributed by atoms with Gasteiger partial charge in [-0.15, -0.1) is 0 Å². The number of ether oxygens (including phenoxy) is 1. The van der Waals surface area contributed by atoms with Crippen molar-refractivity contribution in [2.75, 3.05) is 19.6 Å². The second-order valence-electron chi connectivity index (χ2n) is 8.27. The summed E-state index contributed by atoms with van der Waals surface area (Å²) in [4.78, 5) is 14.6. The average molecular weight is 325 g/mol. The van der Waals surface area contributed by atoms with Crippen molar-refractivity contribution in [3.63, 3.8) is 0 Å². The number of morpholine rings is 1. The van der Waals surface area contributed by atoms with Gasteiger partial charge in [-0.3, -0.25) is 4.90 Å². The van der Waals surface area contributed by atoms with Crippen LogP contribution in [-0.4, -0.2) is 54.4 Å². The molecule has 0 radical (unpaired) electrons. The van der Waals surface area contributed by atoms with Gasteiger partial charge in [-0.25, -0.2) is 4.79 Å². The summed E-state index contributed by atoms with van der Waals surface area (Å²) >= 11 is 0. The molecule has 1 aliphatic heterocycles. The van der Waals surface area contributed by atoms with E-state index in [-0.39, 0.29) is 23.8 Å². The van der Waals surface area contributed by atoms with Gasteiger partial charge in [0.25, 0.3) is 0 Å². The van der Waals surface area contributed by atoms with E-state index in [0.717, 1.165) is 31.8 Å². The van der Waals surface area contributed by atoms with Gasteiger partial charge in [0.15, 0.2) is 0 Å². The maximum absolute atomic E-state index is 12.2. The maximum atomic E-state index is 12.2. The zero-order valence-electron chi connectivity index (χ0n) is 15.5. The van der Waals surface area contributed by atoms with Gasteiger partial charge in [0.05, 0.1) is 12.2 Å². The predicted molar refractivity (Wildman–Crippen MR) is 93.6 cm³/mol. The Bertz CT molecular complexity index is 390. The van der Waals surface area contributed by atoms with Crippen molar-refractivity contribution in [3.05, 3.63) is 0 Å². The monoisotopic (exact) mass is 325 g/mol. The molecule has 0 spiro atoms. The average Bonchev–Trinajstić information content (AvgIpc) is 2.44. The van der Waals surface area contributed by atoms with E-state index in [1.165, 1.54) is 12.8 Å². The zero-order valence-corrected chi connectivity index (χ0v) is 15.5. The largest absolute Gasteiger partial charge is 0.373 e. The van der Waals surface area contributed by atoms with Crippen molar-refractivity contribution in [2.24, 2.45) is 5.92 Å². The molecule has 0 aromatic heterocycles. The summed E-state index contributed by atoms with van der Waals surface area (Å²) < 4.78 is 5.81. The lowest BCUT2D eigenvalue weighted by Gasteiger charge is -2.45. The molecule has 1 saturated heterocycles. The van der Waals surface area contributed by atoms with Crippen LogP contribution in [0.15, 0.2) is 0 Å². The highest BCUT2D eigenvalue weighted by Gasteiger charge is 2.33. The summed E-state index contributed by atoms with van der Waals surface area (Å²) in [5.74, 6) is 0.724. The number of rotatable bonds is 4. The number of carbonyl (C=O) groups is 1. The van der Waals surface area contributed by atoms with Gasteiger partial charge in [0, 0.05) is 31.2 Å². The van der Waals surface area contributed by atoms with Crippen LogP contribution in [0.4, 0.5) is 4.79 Å². The molecule has 1 saturated carbocycles. The first-order valence-electron chi connectivity index (χ1n) is 9.21. The molecule has 2 fully saturated rings. The molecule has 23 heavy (non-hydrogen) atoms. The topological polar surface area (TPSA) is 53.6 Å². The predicted octanol–water partition coefficient (Wildman–Crippen LogP) is 2.75. The molecule has 5 nitrogen and oxygen atoms in total. The van der Waals surface area contributed by atoms with Crippen molar-refractivity contribution in [1.82, 2.24) is 15.5 Å². The molecular weight excluding hydrogens is 290 g/mol. The molecule has 1 heterocycles. The van der Waals surface area contributed by atoms with Gasteiger partial charge >= 0.3 is 6.03 Å². The zero-order chi connectivity index (χ0) is 17.0. The highest BCUT2D eigenvalue weighted by molar-refractivity contribution is 5.74. The summed E-state index contributed by atoms with van der Waals surface area (Å²) in [7, 11) is 0. The summed E-state index contributed by atoms with van der Waals surface area (Å²) in [5, 5.41) is 6.23. The van der Waals surface area contributed by atoms with Crippen LogP contribution in [0.3, 0.4) is 0 Å². The molecule has 4 atom stereocenters. The fourth-order valence-corrected chi connectivity index (χ4v) is 3.88. The Morgan fingerprint density at radius 3 is 2.43 bits per heavy atom. The van der Waals surface area contributed by atoms with E-state index in [9.17, 15) is 4.79 Å². The van der Waals surface area contributed by atoms with Crippen LogP contribution < -0.4 is 10.6 Å². The van der Waals surface area contributed by atoms with E-state index in [1.807, 2.05) is 0 Å². The van der Waals surface area contributed by atoms with E-state index >= 15 is 0 Å². The van der Waals surface area contributed by atoms with Crippen LogP contribution in [0.5, 0.6) is 0 Å². The molecule has 0 aromatic rings. The lowest BCUT2D eigenvalue weighted by atomic mass is 9.87. The normalized spacial score (nSPS) is 33.3. The van der Waals surface area contributed by atoms with Gasteiger partial charge in [0.1, 0.15) is 0 Å². The number of amides is 2. The second-order valence-corrected chi connectivity index (χ2v) is 8.27. The van der Waals surface area contributed by atoms with Crippen LogP contribution >= 0.6 is 0 Å². The minimum absolute atomic E-state index is 0.0217. The van der Waals surface area contributed by atoms with Crippen LogP contribution in [0.25, 0.3) is 0 Å². The Morgan fingerprint density at radius 2 is 1.83 bits per heavy atom. The van der Waals surface area contributed by atoms with E-state index < -0.39 is 0 Å². The quantitative estimate of drug-likeness (QED) is 0.836. The number of urea groups is 1. The molecule has 2 rings (SSSR count).